The number of hydrogen-bond donors (Lipinski definition) is 2. The average molecular weight is 557 g/mol. The third-order valence-electron chi connectivity index (χ3n) is 9.57. The van der Waals surface area contributed by atoms with Crippen molar-refractivity contribution in [3.63, 3.8) is 0 Å². The highest BCUT2D eigenvalue weighted by Gasteiger charge is 2.49. The number of carbonyl (C=O) groups is 1. The molecule has 4 nitrogen and oxygen atoms in total. The van der Waals surface area contributed by atoms with Crippen molar-refractivity contribution in [2.45, 2.75) is 169 Å². The van der Waals surface area contributed by atoms with Crippen molar-refractivity contribution < 1.29 is 19.7 Å². The highest BCUT2D eigenvalue weighted by atomic mass is 16.5. The summed E-state index contributed by atoms with van der Waals surface area (Å²) in [4.78, 5) is 11.0. The molecule has 1 heterocycles. The fourth-order valence-electron chi connectivity index (χ4n) is 6.44. The van der Waals surface area contributed by atoms with Gasteiger partial charge in [0, 0.05) is 0 Å². The number of aliphatic hydroxyl groups is 1. The van der Waals surface area contributed by atoms with Gasteiger partial charge in [-0.2, -0.15) is 0 Å². The fourth-order valence-corrected chi connectivity index (χ4v) is 6.44. The van der Waals surface area contributed by atoms with E-state index in [4.69, 9.17) is 9.84 Å². The van der Waals surface area contributed by atoms with Crippen LogP contribution in [0.5, 0.6) is 0 Å². The first-order valence-electron chi connectivity index (χ1n) is 16.3. The highest BCUT2D eigenvalue weighted by Crippen LogP contribution is 2.51. The Hall–Kier alpha value is -1.65. The first-order valence-corrected chi connectivity index (χ1v) is 16.3. The molecular formula is C36H60O4. The number of carboxylic acid groups (broad SMARTS) is 1. The SMILES string of the molecule is CCCCCCCCC12OC(C)(CC/C=C(\C)CCC/C(C)=C/CCC(C)C(=O)O)CCC1=CC(O)C(C)=C2C. The number of aliphatic carboxylic acids is 1. The lowest BCUT2D eigenvalue weighted by Crippen LogP contribution is -2.51. The van der Waals surface area contributed by atoms with Crippen LogP contribution in [-0.4, -0.2) is 33.5 Å². The van der Waals surface area contributed by atoms with Crippen molar-refractivity contribution in [2.75, 3.05) is 0 Å². The Balaban J connectivity index is 1.92. The van der Waals surface area contributed by atoms with Crippen LogP contribution in [0.2, 0.25) is 0 Å². The van der Waals surface area contributed by atoms with Gasteiger partial charge in [0.05, 0.1) is 17.6 Å². The lowest BCUT2D eigenvalue weighted by Gasteiger charge is -2.52. The summed E-state index contributed by atoms with van der Waals surface area (Å²) in [5.74, 6) is -0.977. The molecule has 2 N–H and O–H groups in total. The fraction of sp³-hybridized carbons (Fsp3) is 0.750. The molecule has 0 amide bonds. The molecule has 2 aliphatic rings. The first-order chi connectivity index (χ1) is 18.9. The molecule has 40 heavy (non-hydrogen) atoms. The molecule has 0 saturated carbocycles. The summed E-state index contributed by atoms with van der Waals surface area (Å²) in [6, 6.07) is 0. The van der Waals surface area contributed by atoms with Crippen LogP contribution in [0.3, 0.4) is 0 Å². The Bertz CT molecular complexity index is 938. The molecule has 0 aromatic heterocycles. The molecule has 1 aliphatic carbocycles. The quantitative estimate of drug-likeness (QED) is 0.130. The molecule has 4 heteroatoms. The van der Waals surface area contributed by atoms with Crippen LogP contribution in [0, 0.1) is 5.92 Å². The minimum atomic E-state index is -0.705. The van der Waals surface area contributed by atoms with E-state index in [1.165, 1.54) is 60.8 Å². The molecule has 0 aromatic rings. The number of hydrogen-bond acceptors (Lipinski definition) is 3. The van der Waals surface area contributed by atoms with Crippen LogP contribution in [0.4, 0.5) is 0 Å². The summed E-state index contributed by atoms with van der Waals surface area (Å²) in [6.07, 6.45) is 23.8. The number of fused-ring (bicyclic) bond motifs is 1. The third-order valence-corrected chi connectivity index (χ3v) is 9.57. The van der Waals surface area contributed by atoms with Crippen molar-refractivity contribution in [3.8, 4) is 0 Å². The normalized spacial score (nSPS) is 26.5. The van der Waals surface area contributed by atoms with Gasteiger partial charge < -0.3 is 14.9 Å². The molecule has 4 unspecified atom stereocenters. The van der Waals surface area contributed by atoms with Crippen molar-refractivity contribution in [1.82, 2.24) is 0 Å². The number of ether oxygens (including phenoxy) is 1. The van der Waals surface area contributed by atoms with Gasteiger partial charge in [0.25, 0.3) is 0 Å². The van der Waals surface area contributed by atoms with Gasteiger partial charge in [0.2, 0.25) is 0 Å². The van der Waals surface area contributed by atoms with Crippen LogP contribution < -0.4 is 0 Å². The minimum absolute atomic E-state index is 0.160. The largest absolute Gasteiger partial charge is 0.481 e. The van der Waals surface area contributed by atoms with E-state index < -0.39 is 12.1 Å². The summed E-state index contributed by atoms with van der Waals surface area (Å²) >= 11 is 0. The molecule has 1 fully saturated rings. The number of unbranched alkanes of at least 4 members (excludes halogenated alkanes) is 5. The monoisotopic (exact) mass is 556 g/mol. The van der Waals surface area contributed by atoms with E-state index in [-0.39, 0.29) is 17.1 Å². The van der Waals surface area contributed by atoms with E-state index in [1.54, 1.807) is 6.92 Å². The van der Waals surface area contributed by atoms with E-state index in [1.807, 2.05) is 0 Å². The number of rotatable bonds is 18. The van der Waals surface area contributed by atoms with Crippen LogP contribution in [-0.2, 0) is 9.53 Å². The van der Waals surface area contributed by atoms with E-state index in [9.17, 15) is 9.90 Å². The molecule has 1 saturated heterocycles. The summed E-state index contributed by atoms with van der Waals surface area (Å²) in [6.45, 7) is 15.0. The Kier molecular flexibility index (Phi) is 14.4. The van der Waals surface area contributed by atoms with Gasteiger partial charge in [0.1, 0.15) is 5.60 Å². The summed E-state index contributed by atoms with van der Waals surface area (Å²) in [7, 11) is 0. The second-order valence-electron chi connectivity index (χ2n) is 13.2. The average Bonchev–Trinajstić information content (AvgIpc) is 2.90. The van der Waals surface area contributed by atoms with Gasteiger partial charge in [-0.15, -0.1) is 0 Å². The summed E-state index contributed by atoms with van der Waals surface area (Å²) < 4.78 is 7.18. The predicted octanol–water partition coefficient (Wildman–Crippen LogP) is 10.0. The van der Waals surface area contributed by atoms with Gasteiger partial charge in [0.15, 0.2) is 0 Å². The van der Waals surface area contributed by atoms with E-state index in [2.05, 4.69) is 59.8 Å². The lowest BCUT2D eigenvalue weighted by atomic mass is 9.69. The molecule has 0 aromatic carbocycles. The van der Waals surface area contributed by atoms with Crippen molar-refractivity contribution in [2.24, 2.45) is 5.92 Å². The van der Waals surface area contributed by atoms with Gasteiger partial charge in [-0.3, -0.25) is 4.79 Å². The maximum Gasteiger partial charge on any atom is 0.306 e. The van der Waals surface area contributed by atoms with Crippen molar-refractivity contribution >= 4 is 5.97 Å². The third kappa shape index (κ3) is 10.3. The van der Waals surface area contributed by atoms with Crippen molar-refractivity contribution in [1.29, 1.82) is 0 Å². The molecule has 2 rings (SSSR count). The number of aliphatic hydroxyl groups excluding tert-OH is 1. The topological polar surface area (TPSA) is 66.8 Å². The lowest BCUT2D eigenvalue weighted by molar-refractivity contribution is -0.145. The molecule has 0 bridgehead atoms. The standard InChI is InChI=1S/C36H60O4/c1-8-9-10-11-12-13-24-36-31(6)30(5)33(37)26-32(36)22-25-35(7,40-36)23-16-20-28(3)18-14-17-27(2)19-15-21-29(4)34(38)39/h19-20,26,29,33,37H,8-18,21-25H2,1-7H3,(H,38,39)/b27-19+,28-20+. The van der Waals surface area contributed by atoms with Crippen LogP contribution in [0.25, 0.3) is 0 Å². The number of carboxylic acids is 1. The molecule has 0 spiro atoms. The Labute approximate surface area is 246 Å². The van der Waals surface area contributed by atoms with Gasteiger partial charge in [-0.1, -0.05) is 69.2 Å². The zero-order chi connectivity index (χ0) is 29.8. The molecule has 4 atom stereocenters. The van der Waals surface area contributed by atoms with Gasteiger partial charge in [-0.25, -0.2) is 0 Å². The Morgan fingerprint density at radius 3 is 2.30 bits per heavy atom. The minimum Gasteiger partial charge on any atom is -0.481 e. The summed E-state index contributed by atoms with van der Waals surface area (Å²) in [5.41, 5.74) is 5.92. The van der Waals surface area contributed by atoms with Gasteiger partial charge >= 0.3 is 5.97 Å². The smallest absolute Gasteiger partial charge is 0.306 e. The second kappa shape index (κ2) is 16.7. The van der Waals surface area contributed by atoms with E-state index in [0.717, 1.165) is 63.4 Å². The zero-order valence-corrected chi connectivity index (χ0v) is 26.9. The molecule has 1 aliphatic heterocycles. The van der Waals surface area contributed by atoms with E-state index >= 15 is 0 Å². The maximum absolute atomic E-state index is 11.0. The predicted molar refractivity (Wildman–Crippen MR) is 169 cm³/mol. The zero-order valence-electron chi connectivity index (χ0n) is 26.9. The maximum atomic E-state index is 11.0. The molecule has 0 radical (unpaired) electrons. The second-order valence-corrected chi connectivity index (χ2v) is 13.2. The Morgan fingerprint density at radius 1 is 1.02 bits per heavy atom. The first kappa shape index (κ1) is 34.6. The van der Waals surface area contributed by atoms with Crippen molar-refractivity contribution in [3.05, 3.63) is 46.1 Å². The Morgan fingerprint density at radius 2 is 1.65 bits per heavy atom. The van der Waals surface area contributed by atoms with Gasteiger partial charge in [-0.05, 0) is 128 Å². The number of allylic oxidation sites excluding steroid dienone is 4. The van der Waals surface area contributed by atoms with Crippen LogP contribution >= 0.6 is 0 Å². The molecular weight excluding hydrogens is 496 g/mol. The highest BCUT2D eigenvalue weighted by molar-refractivity contribution is 5.69. The summed E-state index contributed by atoms with van der Waals surface area (Å²) in [5, 5.41) is 19.7. The molecule has 228 valence electrons. The van der Waals surface area contributed by atoms with Crippen LogP contribution in [0.1, 0.15) is 151 Å². The van der Waals surface area contributed by atoms with Crippen LogP contribution in [0.15, 0.2) is 46.1 Å². The van der Waals surface area contributed by atoms with E-state index in [0.29, 0.717) is 6.42 Å².